The van der Waals surface area contributed by atoms with Gasteiger partial charge in [-0.15, -0.1) is 11.3 Å². The molecule has 0 unspecified atom stereocenters. The molecule has 5 nitrogen and oxygen atoms in total. The van der Waals surface area contributed by atoms with E-state index in [0.29, 0.717) is 12.1 Å². The first kappa shape index (κ1) is 10.8. The molecule has 2 heterocycles. The maximum Gasteiger partial charge on any atom is 0.257 e. The molecule has 1 amide bonds. The van der Waals surface area contributed by atoms with E-state index in [2.05, 4.69) is 15.2 Å². The zero-order chi connectivity index (χ0) is 11.5. The molecule has 0 saturated heterocycles. The summed E-state index contributed by atoms with van der Waals surface area (Å²) in [6.45, 7) is 2.35. The van der Waals surface area contributed by atoms with Gasteiger partial charge in [-0.05, 0) is 6.92 Å². The zero-order valence-corrected chi connectivity index (χ0v) is 9.91. The van der Waals surface area contributed by atoms with E-state index in [1.165, 1.54) is 11.3 Å². The number of thiazole rings is 1. The maximum atomic E-state index is 12.0. The number of aryl methyl sites for hydroxylation is 1. The van der Waals surface area contributed by atoms with Gasteiger partial charge >= 0.3 is 0 Å². The molecule has 0 spiro atoms. The van der Waals surface area contributed by atoms with Crippen molar-refractivity contribution in [3.05, 3.63) is 34.0 Å². The highest BCUT2D eigenvalue weighted by atomic mass is 32.1. The Kier molecular flexibility index (Phi) is 3.00. The maximum absolute atomic E-state index is 12.0. The van der Waals surface area contributed by atoms with Crippen LogP contribution in [-0.2, 0) is 6.54 Å². The van der Waals surface area contributed by atoms with E-state index >= 15 is 0 Å². The Hall–Kier alpha value is -1.69. The standard InChI is InChI=1S/C10H12N4OS/c1-7-9(3-12-13-7)10(15)14(2)4-8-5-16-6-11-8/h3,5-6H,4H2,1-2H3,(H,12,13). The van der Waals surface area contributed by atoms with Crippen molar-refractivity contribution in [2.45, 2.75) is 13.5 Å². The molecule has 0 bridgehead atoms. The Morgan fingerprint density at radius 3 is 3.00 bits per heavy atom. The molecular weight excluding hydrogens is 224 g/mol. The molecule has 84 valence electrons. The van der Waals surface area contributed by atoms with Crippen molar-refractivity contribution in [3.8, 4) is 0 Å². The van der Waals surface area contributed by atoms with Gasteiger partial charge in [0, 0.05) is 18.1 Å². The van der Waals surface area contributed by atoms with E-state index in [4.69, 9.17) is 0 Å². The SMILES string of the molecule is Cc1[nH]ncc1C(=O)N(C)Cc1cscn1. The topological polar surface area (TPSA) is 61.9 Å². The summed E-state index contributed by atoms with van der Waals surface area (Å²) in [5, 5.41) is 8.52. The minimum absolute atomic E-state index is 0.0424. The molecule has 16 heavy (non-hydrogen) atoms. The van der Waals surface area contributed by atoms with Crippen LogP contribution in [-0.4, -0.2) is 33.0 Å². The van der Waals surface area contributed by atoms with Crippen LogP contribution in [0.1, 0.15) is 21.7 Å². The molecule has 0 aromatic carbocycles. The normalized spacial score (nSPS) is 10.4. The first-order valence-electron chi connectivity index (χ1n) is 4.81. The summed E-state index contributed by atoms with van der Waals surface area (Å²) in [5.74, 6) is -0.0424. The van der Waals surface area contributed by atoms with Gasteiger partial charge in [-0.1, -0.05) is 0 Å². The Labute approximate surface area is 97.1 Å². The van der Waals surface area contributed by atoms with Crippen molar-refractivity contribution >= 4 is 17.2 Å². The number of hydrogen-bond donors (Lipinski definition) is 1. The van der Waals surface area contributed by atoms with Gasteiger partial charge in [-0.2, -0.15) is 5.10 Å². The number of carbonyl (C=O) groups is 1. The summed E-state index contributed by atoms with van der Waals surface area (Å²) in [6.07, 6.45) is 1.55. The van der Waals surface area contributed by atoms with Gasteiger partial charge in [0.25, 0.3) is 5.91 Å². The summed E-state index contributed by atoms with van der Waals surface area (Å²) >= 11 is 1.53. The third kappa shape index (κ3) is 2.11. The first-order chi connectivity index (χ1) is 7.68. The molecule has 0 fully saturated rings. The van der Waals surface area contributed by atoms with Crippen molar-refractivity contribution in [2.24, 2.45) is 0 Å². The lowest BCUT2D eigenvalue weighted by Crippen LogP contribution is -2.26. The fourth-order valence-corrected chi connectivity index (χ4v) is 1.95. The average molecular weight is 236 g/mol. The number of carbonyl (C=O) groups excluding carboxylic acids is 1. The van der Waals surface area contributed by atoms with Crippen LogP contribution < -0.4 is 0 Å². The highest BCUT2D eigenvalue weighted by Crippen LogP contribution is 2.10. The van der Waals surface area contributed by atoms with Crippen molar-refractivity contribution in [1.82, 2.24) is 20.1 Å². The molecule has 2 aromatic heterocycles. The monoisotopic (exact) mass is 236 g/mol. The second-order valence-corrected chi connectivity index (χ2v) is 4.27. The summed E-state index contributed by atoms with van der Waals surface area (Å²) in [7, 11) is 1.76. The van der Waals surface area contributed by atoms with Crippen molar-refractivity contribution in [2.75, 3.05) is 7.05 Å². The van der Waals surface area contributed by atoms with Crippen molar-refractivity contribution in [3.63, 3.8) is 0 Å². The molecule has 1 N–H and O–H groups in total. The Bertz CT molecular complexity index is 477. The second-order valence-electron chi connectivity index (χ2n) is 3.55. The third-order valence-corrected chi connectivity index (χ3v) is 2.92. The molecule has 2 aromatic rings. The highest BCUT2D eigenvalue weighted by molar-refractivity contribution is 7.07. The van der Waals surface area contributed by atoms with Gasteiger partial charge in [0.2, 0.25) is 0 Å². The zero-order valence-electron chi connectivity index (χ0n) is 9.10. The number of rotatable bonds is 3. The van der Waals surface area contributed by atoms with E-state index in [-0.39, 0.29) is 5.91 Å². The van der Waals surface area contributed by atoms with Crippen LogP contribution in [0.15, 0.2) is 17.1 Å². The number of nitrogens with zero attached hydrogens (tertiary/aromatic N) is 3. The second kappa shape index (κ2) is 4.44. The Morgan fingerprint density at radius 1 is 1.62 bits per heavy atom. The minimum Gasteiger partial charge on any atom is -0.336 e. The molecule has 0 saturated carbocycles. The quantitative estimate of drug-likeness (QED) is 0.877. The smallest absolute Gasteiger partial charge is 0.257 e. The number of aromatic nitrogens is 3. The molecule has 0 atom stereocenters. The van der Waals surface area contributed by atoms with Gasteiger partial charge in [0.15, 0.2) is 0 Å². The third-order valence-electron chi connectivity index (χ3n) is 2.29. The number of aromatic amines is 1. The average Bonchev–Trinajstić information content (AvgIpc) is 2.88. The Balaban J connectivity index is 2.08. The van der Waals surface area contributed by atoms with E-state index < -0.39 is 0 Å². The molecule has 6 heteroatoms. The molecular formula is C10H12N4OS. The number of amides is 1. The van der Waals surface area contributed by atoms with Crippen LogP contribution in [0.4, 0.5) is 0 Å². The highest BCUT2D eigenvalue weighted by Gasteiger charge is 2.16. The van der Waals surface area contributed by atoms with E-state index in [1.807, 2.05) is 12.3 Å². The molecule has 0 radical (unpaired) electrons. The van der Waals surface area contributed by atoms with Gasteiger partial charge < -0.3 is 4.90 Å². The van der Waals surface area contributed by atoms with Gasteiger partial charge in [-0.3, -0.25) is 9.89 Å². The van der Waals surface area contributed by atoms with Crippen LogP contribution in [0.5, 0.6) is 0 Å². The summed E-state index contributed by atoms with van der Waals surface area (Å²) < 4.78 is 0. The molecule has 0 aliphatic carbocycles. The fourth-order valence-electron chi connectivity index (χ4n) is 1.40. The summed E-state index contributed by atoms with van der Waals surface area (Å²) in [4.78, 5) is 17.8. The minimum atomic E-state index is -0.0424. The van der Waals surface area contributed by atoms with Crippen molar-refractivity contribution in [1.29, 1.82) is 0 Å². The van der Waals surface area contributed by atoms with Crippen LogP contribution in [0, 0.1) is 6.92 Å². The van der Waals surface area contributed by atoms with E-state index in [1.54, 1.807) is 23.7 Å². The molecule has 0 aliphatic rings. The lowest BCUT2D eigenvalue weighted by atomic mass is 10.2. The fraction of sp³-hybridized carbons (Fsp3) is 0.300. The van der Waals surface area contributed by atoms with Gasteiger partial charge in [0.1, 0.15) is 0 Å². The van der Waals surface area contributed by atoms with Crippen LogP contribution >= 0.6 is 11.3 Å². The summed E-state index contributed by atoms with van der Waals surface area (Å²) in [5.41, 5.74) is 4.06. The Morgan fingerprint density at radius 2 is 2.44 bits per heavy atom. The predicted octanol–water partition coefficient (Wildman–Crippen LogP) is 1.45. The number of nitrogens with one attached hydrogen (secondary N) is 1. The summed E-state index contributed by atoms with van der Waals surface area (Å²) in [6, 6.07) is 0. The number of H-pyrrole nitrogens is 1. The van der Waals surface area contributed by atoms with Gasteiger partial charge in [-0.25, -0.2) is 4.98 Å². The first-order valence-corrected chi connectivity index (χ1v) is 5.75. The lowest BCUT2D eigenvalue weighted by Gasteiger charge is -2.15. The van der Waals surface area contributed by atoms with Crippen molar-refractivity contribution < 1.29 is 4.79 Å². The largest absolute Gasteiger partial charge is 0.336 e. The number of hydrogen-bond acceptors (Lipinski definition) is 4. The van der Waals surface area contributed by atoms with Crippen LogP contribution in [0.25, 0.3) is 0 Å². The molecule has 0 aliphatic heterocycles. The van der Waals surface area contributed by atoms with E-state index in [9.17, 15) is 4.79 Å². The van der Waals surface area contributed by atoms with Gasteiger partial charge in [0.05, 0.1) is 29.5 Å². The lowest BCUT2D eigenvalue weighted by molar-refractivity contribution is 0.0783. The molecule has 2 rings (SSSR count). The predicted molar refractivity (Wildman–Crippen MR) is 61.2 cm³/mol. The van der Waals surface area contributed by atoms with E-state index in [0.717, 1.165) is 11.4 Å². The van der Waals surface area contributed by atoms with Crippen LogP contribution in [0.3, 0.4) is 0 Å². The van der Waals surface area contributed by atoms with Crippen LogP contribution in [0.2, 0.25) is 0 Å².